The summed E-state index contributed by atoms with van der Waals surface area (Å²) in [6.07, 6.45) is 1.11. The fraction of sp³-hybridized carbons (Fsp3) is 0.462. The van der Waals surface area contributed by atoms with Crippen molar-refractivity contribution in [2.75, 3.05) is 0 Å². The van der Waals surface area contributed by atoms with Crippen LogP contribution in [0.1, 0.15) is 38.3 Å². The Morgan fingerprint density at radius 1 is 1.33 bits per heavy atom. The molecule has 2 atom stereocenters. The van der Waals surface area contributed by atoms with Gasteiger partial charge in [0.2, 0.25) is 5.91 Å². The lowest BCUT2D eigenvalue weighted by Crippen LogP contribution is -2.28. The Balaban J connectivity index is 2.56. The van der Waals surface area contributed by atoms with Crippen LogP contribution in [0.15, 0.2) is 18.2 Å². The maximum atomic E-state index is 11.7. The molecule has 18 heavy (non-hydrogen) atoms. The van der Waals surface area contributed by atoms with Gasteiger partial charge in [0.25, 0.3) is 0 Å². The number of hydrogen-bond acceptors (Lipinski definition) is 2. The van der Waals surface area contributed by atoms with Gasteiger partial charge in [-0.2, -0.15) is 0 Å². The number of benzene rings is 1. The van der Waals surface area contributed by atoms with Crippen molar-refractivity contribution in [1.29, 1.82) is 0 Å². The Morgan fingerprint density at radius 2 is 2.00 bits per heavy atom. The first-order valence-electron chi connectivity index (χ1n) is 5.90. The molecule has 5 heteroatoms. The van der Waals surface area contributed by atoms with Crippen LogP contribution >= 0.6 is 23.2 Å². The fourth-order valence-electron chi connectivity index (χ4n) is 1.54. The summed E-state index contributed by atoms with van der Waals surface area (Å²) < 4.78 is 0. The third-order valence-corrected chi connectivity index (χ3v) is 3.39. The first-order chi connectivity index (χ1) is 8.40. The van der Waals surface area contributed by atoms with E-state index in [4.69, 9.17) is 28.9 Å². The molecule has 0 radical (unpaired) electrons. The molecule has 0 fully saturated rings. The van der Waals surface area contributed by atoms with Gasteiger partial charge in [0.1, 0.15) is 0 Å². The molecular formula is C13H18Cl2N2O. The molecule has 3 N–H and O–H groups in total. The largest absolute Gasteiger partial charge is 0.350 e. The SMILES string of the molecule is CC(N)CCC(=O)NC(C)c1ccc(Cl)c(Cl)c1. The highest BCUT2D eigenvalue weighted by Gasteiger charge is 2.11. The topological polar surface area (TPSA) is 55.1 Å². The molecule has 0 aliphatic rings. The summed E-state index contributed by atoms with van der Waals surface area (Å²) in [6.45, 7) is 3.79. The maximum Gasteiger partial charge on any atom is 0.220 e. The summed E-state index contributed by atoms with van der Waals surface area (Å²) in [7, 11) is 0. The van der Waals surface area contributed by atoms with Crippen LogP contribution in [0, 0.1) is 0 Å². The van der Waals surface area contributed by atoms with Gasteiger partial charge >= 0.3 is 0 Å². The van der Waals surface area contributed by atoms with Gasteiger partial charge in [-0.15, -0.1) is 0 Å². The lowest BCUT2D eigenvalue weighted by Gasteiger charge is -2.15. The van der Waals surface area contributed by atoms with E-state index in [-0.39, 0.29) is 18.0 Å². The van der Waals surface area contributed by atoms with E-state index < -0.39 is 0 Å². The number of hydrogen-bond donors (Lipinski definition) is 2. The molecule has 0 spiro atoms. The highest BCUT2D eigenvalue weighted by Crippen LogP contribution is 2.25. The summed E-state index contributed by atoms with van der Waals surface area (Å²) >= 11 is 11.8. The number of nitrogens with one attached hydrogen (secondary N) is 1. The molecule has 0 saturated heterocycles. The quantitative estimate of drug-likeness (QED) is 0.873. The van der Waals surface area contributed by atoms with Crippen LogP contribution in [-0.2, 0) is 4.79 Å². The molecule has 1 amide bonds. The van der Waals surface area contributed by atoms with Crippen molar-refractivity contribution in [2.45, 2.75) is 38.8 Å². The highest BCUT2D eigenvalue weighted by molar-refractivity contribution is 6.42. The zero-order valence-electron chi connectivity index (χ0n) is 10.5. The summed E-state index contributed by atoms with van der Waals surface area (Å²) in [4.78, 5) is 11.7. The molecule has 1 aromatic rings. The van der Waals surface area contributed by atoms with Gasteiger partial charge < -0.3 is 11.1 Å². The standard InChI is InChI=1S/C13H18Cl2N2O/c1-8(16)3-6-13(18)17-9(2)10-4-5-11(14)12(15)7-10/h4-5,7-9H,3,6,16H2,1-2H3,(H,17,18). The first-order valence-corrected chi connectivity index (χ1v) is 6.65. The first kappa shape index (κ1) is 15.3. The minimum Gasteiger partial charge on any atom is -0.350 e. The monoisotopic (exact) mass is 288 g/mol. The predicted octanol–water partition coefficient (Wildman–Crippen LogP) is 3.30. The van der Waals surface area contributed by atoms with E-state index in [1.807, 2.05) is 19.9 Å². The molecule has 3 nitrogen and oxygen atoms in total. The Morgan fingerprint density at radius 3 is 2.56 bits per heavy atom. The number of carbonyl (C=O) groups is 1. The van der Waals surface area contributed by atoms with E-state index in [1.165, 1.54) is 0 Å². The summed E-state index contributed by atoms with van der Waals surface area (Å²) in [5, 5.41) is 3.90. The van der Waals surface area contributed by atoms with Crippen molar-refractivity contribution in [3.8, 4) is 0 Å². The van der Waals surface area contributed by atoms with E-state index >= 15 is 0 Å². The van der Waals surface area contributed by atoms with E-state index in [1.54, 1.807) is 12.1 Å². The molecule has 0 aromatic heterocycles. The molecule has 0 bridgehead atoms. The van der Waals surface area contributed by atoms with Crippen molar-refractivity contribution in [2.24, 2.45) is 5.73 Å². The molecule has 1 aromatic carbocycles. The molecule has 1 rings (SSSR count). The fourth-order valence-corrected chi connectivity index (χ4v) is 1.84. The zero-order chi connectivity index (χ0) is 13.7. The lowest BCUT2D eigenvalue weighted by molar-refractivity contribution is -0.121. The second-order valence-electron chi connectivity index (χ2n) is 4.48. The van der Waals surface area contributed by atoms with Gasteiger partial charge in [-0.25, -0.2) is 0 Å². The molecule has 0 saturated carbocycles. The molecule has 0 aliphatic carbocycles. The van der Waals surface area contributed by atoms with Crippen molar-refractivity contribution in [3.63, 3.8) is 0 Å². The number of nitrogens with two attached hydrogens (primary N) is 1. The summed E-state index contributed by atoms with van der Waals surface area (Å²) in [5.41, 5.74) is 6.54. The predicted molar refractivity (Wildman–Crippen MR) is 75.9 cm³/mol. The van der Waals surface area contributed by atoms with Gasteiger partial charge in [0, 0.05) is 12.5 Å². The Hall–Kier alpha value is -0.770. The number of rotatable bonds is 5. The van der Waals surface area contributed by atoms with Crippen molar-refractivity contribution < 1.29 is 4.79 Å². The minimum absolute atomic E-state index is 0.00845. The smallest absolute Gasteiger partial charge is 0.220 e. The van der Waals surface area contributed by atoms with E-state index in [9.17, 15) is 4.79 Å². The second-order valence-corrected chi connectivity index (χ2v) is 5.29. The van der Waals surface area contributed by atoms with Gasteiger partial charge in [-0.05, 0) is 38.0 Å². The minimum atomic E-state index is -0.0969. The van der Waals surface area contributed by atoms with E-state index in [2.05, 4.69) is 5.32 Å². The van der Waals surface area contributed by atoms with Crippen LogP contribution < -0.4 is 11.1 Å². The number of halogens is 2. The van der Waals surface area contributed by atoms with Crippen LogP contribution in [0.2, 0.25) is 10.0 Å². The van der Waals surface area contributed by atoms with E-state index in [0.717, 1.165) is 5.56 Å². The van der Waals surface area contributed by atoms with Crippen LogP contribution in [0.4, 0.5) is 0 Å². The average Bonchev–Trinajstić information content (AvgIpc) is 2.30. The van der Waals surface area contributed by atoms with Crippen molar-refractivity contribution in [1.82, 2.24) is 5.32 Å². The van der Waals surface area contributed by atoms with E-state index in [0.29, 0.717) is 22.9 Å². The Bertz CT molecular complexity index is 421. The van der Waals surface area contributed by atoms with Gasteiger partial charge in [0.15, 0.2) is 0 Å². The van der Waals surface area contributed by atoms with Crippen LogP contribution in [-0.4, -0.2) is 11.9 Å². The van der Waals surface area contributed by atoms with Crippen LogP contribution in [0.25, 0.3) is 0 Å². The molecular weight excluding hydrogens is 271 g/mol. The highest BCUT2D eigenvalue weighted by atomic mass is 35.5. The van der Waals surface area contributed by atoms with Gasteiger partial charge in [0.05, 0.1) is 16.1 Å². The van der Waals surface area contributed by atoms with Gasteiger partial charge in [-0.1, -0.05) is 29.3 Å². The third kappa shape index (κ3) is 4.84. The molecule has 2 unspecified atom stereocenters. The average molecular weight is 289 g/mol. The molecule has 0 aliphatic heterocycles. The molecule has 100 valence electrons. The second kappa shape index (κ2) is 6.98. The Kier molecular flexibility index (Phi) is 5.93. The number of amides is 1. The summed E-state index contributed by atoms with van der Waals surface area (Å²) in [6, 6.07) is 5.28. The van der Waals surface area contributed by atoms with Crippen molar-refractivity contribution >= 4 is 29.1 Å². The van der Waals surface area contributed by atoms with Crippen molar-refractivity contribution in [3.05, 3.63) is 33.8 Å². The normalized spacial score (nSPS) is 14.1. The lowest BCUT2D eigenvalue weighted by atomic mass is 10.1. The Labute approximate surface area is 118 Å². The van der Waals surface area contributed by atoms with Crippen LogP contribution in [0.3, 0.4) is 0 Å². The van der Waals surface area contributed by atoms with Crippen LogP contribution in [0.5, 0.6) is 0 Å². The van der Waals surface area contributed by atoms with Gasteiger partial charge in [-0.3, -0.25) is 4.79 Å². The zero-order valence-corrected chi connectivity index (χ0v) is 12.1. The molecule has 0 heterocycles. The maximum absolute atomic E-state index is 11.7. The number of carbonyl (C=O) groups excluding carboxylic acids is 1. The third-order valence-electron chi connectivity index (χ3n) is 2.65. The summed E-state index contributed by atoms with van der Waals surface area (Å²) in [5.74, 6) is -0.00845.